The number of hydrogen-bond acceptors (Lipinski definition) is 0. The van der Waals surface area contributed by atoms with E-state index in [1.54, 1.807) is 0 Å². The zero-order chi connectivity index (χ0) is 20.6. The van der Waals surface area contributed by atoms with Crippen LogP contribution in [0.2, 0.25) is 0 Å². The van der Waals surface area contributed by atoms with Crippen molar-refractivity contribution in [3.8, 4) is 0 Å². The molecule has 1 radical (unpaired) electrons. The van der Waals surface area contributed by atoms with E-state index in [1.807, 2.05) is 74.5 Å². The summed E-state index contributed by atoms with van der Waals surface area (Å²) in [7, 11) is 0. The molecule has 25 heavy (non-hydrogen) atoms. The van der Waals surface area contributed by atoms with E-state index < -0.39 is 15.7 Å². The van der Waals surface area contributed by atoms with Crippen LogP contribution in [-0.4, -0.2) is 32.4 Å². The van der Waals surface area contributed by atoms with Gasteiger partial charge in [-0.05, 0) is 0 Å². The van der Waals surface area contributed by atoms with Crippen LogP contribution in [-0.2, 0) is 26.2 Å². The number of allylic oxidation sites excluding steroid dienone is 4. The Balaban J connectivity index is -0.0000000662. The Morgan fingerprint density at radius 1 is 0.760 bits per heavy atom. The number of hydrogen-bond donors (Lipinski definition) is 0. The number of nitrogens with one attached hydrogen (secondary N) is 3. The van der Waals surface area contributed by atoms with Gasteiger partial charge in [-0.1, -0.05) is 62.3 Å². The molecule has 0 saturated carbocycles. The van der Waals surface area contributed by atoms with Crippen molar-refractivity contribution in [1.82, 2.24) is 0 Å². The van der Waals surface area contributed by atoms with Crippen molar-refractivity contribution >= 4 is 15.7 Å². The molecule has 3 N–H and O–H groups in total. The smallest absolute Gasteiger partial charge is 4.00 e. The molecule has 0 aliphatic heterocycles. The summed E-state index contributed by atoms with van der Waals surface area (Å²) in [6.45, 7) is 16.7. The van der Waals surface area contributed by atoms with E-state index in [0.717, 1.165) is 6.42 Å². The third kappa shape index (κ3) is 403. The fourth-order valence-electron chi connectivity index (χ4n) is 0.340. The van der Waals surface area contributed by atoms with Crippen LogP contribution in [0.15, 0.2) is 18.2 Å². The van der Waals surface area contributed by atoms with E-state index >= 15 is 0 Å². The normalized spacial score (nSPS) is 12.2. The van der Waals surface area contributed by atoms with Gasteiger partial charge >= 0.3 is 52.4 Å². The summed E-state index contributed by atoms with van der Waals surface area (Å²) >= 11 is -4.83. The van der Waals surface area contributed by atoms with Crippen LogP contribution >= 0.6 is 0 Å². The maximum atomic E-state index is 9.83. The minimum atomic E-state index is -4.83. The van der Waals surface area contributed by atoms with Gasteiger partial charge in [0.15, 0.2) is 0 Å². The van der Waals surface area contributed by atoms with Crippen LogP contribution in [0.1, 0.15) is 68.7 Å². The molecule has 8 heteroatoms. The van der Waals surface area contributed by atoms with Crippen LogP contribution in [0.3, 0.4) is 0 Å². The van der Waals surface area contributed by atoms with Gasteiger partial charge in [0, 0.05) is 0 Å². The van der Waals surface area contributed by atoms with Crippen molar-refractivity contribution in [3.63, 3.8) is 0 Å². The molecule has 0 amide bonds. The zero-order valence-electron chi connectivity index (χ0n) is 17.1. The molecule has 0 fully saturated rings. The molecule has 3 nitrogen and oxygen atoms in total. The number of rotatable bonds is 0. The Morgan fingerprint density at radius 3 is 1.00 bits per heavy atom. The van der Waals surface area contributed by atoms with Gasteiger partial charge in [0.2, 0.25) is 0 Å². The molecule has 1 aliphatic carbocycles. The van der Waals surface area contributed by atoms with Gasteiger partial charge in [0.1, 0.15) is 0 Å². The third-order valence-corrected chi connectivity index (χ3v) is 0.586. The first-order valence-electron chi connectivity index (χ1n) is 7.53. The molecule has 0 spiro atoms. The van der Waals surface area contributed by atoms with E-state index in [2.05, 4.69) is 12.2 Å². The monoisotopic (exact) mass is 502 g/mol. The topological polar surface area (TPSA) is 71.4 Å². The molecule has 0 atom stereocenters. The maximum Gasteiger partial charge on any atom is 4.00 e. The van der Waals surface area contributed by atoms with Crippen molar-refractivity contribution in [2.75, 3.05) is 0 Å². The minimum absolute atomic E-state index is 0. The van der Waals surface area contributed by atoms with Crippen LogP contribution in [0.4, 0.5) is 10.5 Å². The van der Waals surface area contributed by atoms with Crippen molar-refractivity contribution in [1.29, 1.82) is 0 Å². The second-order valence-corrected chi connectivity index (χ2v) is 8.87. The number of halogens is 3. The Labute approximate surface area is 178 Å². The third-order valence-electron chi connectivity index (χ3n) is 0.586. The van der Waals surface area contributed by atoms with Gasteiger partial charge in [-0.3, -0.25) is 6.08 Å². The van der Waals surface area contributed by atoms with E-state index in [9.17, 15) is 10.5 Å². The van der Waals surface area contributed by atoms with Gasteiger partial charge in [0.25, 0.3) is 0 Å². The van der Waals surface area contributed by atoms with Crippen molar-refractivity contribution in [2.45, 2.75) is 85.4 Å². The standard InChI is InChI=1S/C5H5.3C4H10N.F3Ge.Zr/c1-2-4-5-3-1;3*1-4(2,3)5;1-4(2)3;/h1-3H,4H2;3*5H,1-3H3;;/q4*-1;;+4. The minimum Gasteiger partial charge on any atom is 4.00 e. The molecule has 1 aliphatic rings. The first kappa shape index (κ1) is 36.5. The summed E-state index contributed by atoms with van der Waals surface area (Å²) in [6.07, 6.45) is 10.0. The van der Waals surface area contributed by atoms with Crippen LogP contribution in [0.5, 0.6) is 0 Å². The zero-order valence-corrected chi connectivity index (χ0v) is 21.6. The van der Waals surface area contributed by atoms with Gasteiger partial charge in [-0.25, -0.2) is 12.2 Å². The second kappa shape index (κ2) is 19.3. The molecule has 147 valence electrons. The van der Waals surface area contributed by atoms with Crippen molar-refractivity contribution < 1.29 is 36.7 Å². The van der Waals surface area contributed by atoms with Gasteiger partial charge < -0.3 is 17.2 Å². The molecular weight excluding hydrogens is 467 g/mol. The summed E-state index contributed by atoms with van der Waals surface area (Å²) in [5, 5.41) is 0. The predicted octanol–water partition coefficient (Wildman–Crippen LogP) is 7.69. The largest absolute Gasteiger partial charge is 4.00 e. The van der Waals surface area contributed by atoms with Gasteiger partial charge in [0.05, 0.1) is 0 Å². The Kier molecular flexibility index (Phi) is 28.2. The molecule has 1 rings (SSSR count). The molecule has 0 heterocycles. The summed E-state index contributed by atoms with van der Waals surface area (Å²) in [4.78, 5) is 0. The summed E-state index contributed by atoms with van der Waals surface area (Å²) in [5.41, 5.74) is 20.1. The van der Waals surface area contributed by atoms with E-state index in [1.165, 1.54) is 0 Å². The maximum absolute atomic E-state index is 9.83. The fraction of sp³-hybridized carbons (Fsp3) is 0.765. The van der Waals surface area contributed by atoms with E-state index in [-0.39, 0.29) is 42.8 Å². The molecular formula is C17H35F3GeN3Zr. The summed E-state index contributed by atoms with van der Waals surface area (Å²) < 4.78 is 29.5. The first-order valence-corrected chi connectivity index (χ1v) is 9.91. The van der Waals surface area contributed by atoms with Gasteiger partial charge in [-0.15, -0.1) is 23.0 Å². The van der Waals surface area contributed by atoms with Crippen LogP contribution in [0, 0.1) is 6.08 Å². The first-order chi connectivity index (χ1) is 10.2. The van der Waals surface area contributed by atoms with Gasteiger partial charge in [-0.2, -0.15) is 6.08 Å². The molecule has 0 aromatic heterocycles. The molecule has 0 saturated heterocycles. The van der Waals surface area contributed by atoms with Crippen LogP contribution in [0.25, 0.3) is 17.2 Å². The summed E-state index contributed by atoms with van der Waals surface area (Å²) in [6, 6.07) is 0. The van der Waals surface area contributed by atoms with E-state index in [0.29, 0.717) is 0 Å². The molecule has 0 bridgehead atoms. The Morgan fingerprint density at radius 2 is 0.960 bits per heavy atom. The van der Waals surface area contributed by atoms with Crippen molar-refractivity contribution in [2.24, 2.45) is 0 Å². The average molecular weight is 502 g/mol. The fourth-order valence-corrected chi connectivity index (χ4v) is 0.340. The quantitative estimate of drug-likeness (QED) is 0.241. The Hall–Kier alpha value is 0.576. The SMILES string of the molecule is CC(C)(C)[NH-].CC(C)(C)[NH-].CC(C)(C)[NH-].[C-]1=CC=CC1.[F][Ge]([F])[F].[Zr+4]. The van der Waals surface area contributed by atoms with Crippen LogP contribution < -0.4 is 0 Å². The molecule has 0 aromatic rings. The predicted molar refractivity (Wildman–Crippen MR) is 103 cm³/mol. The molecule has 0 aromatic carbocycles. The average Bonchev–Trinajstić information content (AvgIpc) is 2.61. The Bertz CT molecular complexity index is 259. The van der Waals surface area contributed by atoms with E-state index in [4.69, 9.17) is 17.2 Å². The summed E-state index contributed by atoms with van der Waals surface area (Å²) in [5.74, 6) is 0. The molecule has 0 unspecified atom stereocenters. The van der Waals surface area contributed by atoms with Crippen molar-refractivity contribution in [3.05, 3.63) is 41.5 Å². The second-order valence-electron chi connectivity index (χ2n) is 7.97.